The van der Waals surface area contributed by atoms with E-state index in [2.05, 4.69) is 6.58 Å². The summed E-state index contributed by atoms with van der Waals surface area (Å²) >= 11 is 0. The summed E-state index contributed by atoms with van der Waals surface area (Å²) in [7, 11) is 0. The fraction of sp³-hybridized carbons (Fsp3) is 0.636. The van der Waals surface area contributed by atoms with Crippen molar-refractivity contribution >= 4 is 11.9 Å². The summed E-state index contributed by atoms with van der Waals surface area (Å²) in [6.07, 6.45) is 3.59. The second-order valence-corrected chi connectivity index (χ2v) is 4.61. The second kappa shape index (κ2) is 2.62. The van der Waals surface area contributed by atoms with Gasteiger partial charge in [0.1, 0.15) is 6.10 Å². The molecule has 80 valence electrons. The molecule has 0 aromatic rings. The van der Waals surface area contributed by atoms with Gasteiger partial charge in [0.05, 0.1) is 0 Å². The summed E-state index contributed by atoms with van der Waals surface area (Å²) in [5, 5.41) is 0. The lowest BCUT2D eigenvalue weighted by atomic mass is 9.85. The Balaban J connectivity index is 1.94. The van der Waals surface area contributed by atoms with E-state index in [-0.39, 0.29) is 18.0 Å². The Hall–Kier alpha value is -1.32. The molecule has 4 unspecified atom stereocenters. The molecule has 2 bridgehead atoms. The molecule has 1 saturated heterocycles. The highest BCUT2D eigenvalue weighted by Crippen LogP contribution is 2.58. The molecule has 2 aliphatic carbocycles. The van der Waals surface area contributed by atoms with Crippen molar-refractivity contribution in [3.8, 4) is 0 Å². The topological polar surface area (TPSA) is 52.6 Å². The van der Waals surface area contributed by atoms with Gasteiger partial charge in [-0.15, -0.1) is 0 Å². The van der Waals surface area contributed by atoms with Crippen LogP contribution in [0.25, 0.3) is 0 Å². The maximum absolute atomic E-state index is 11.7. The van der Waals surface area contributed by atoms with Crippen LogP contribution in [-0.2, 0) is 19.1 Å². The van der Waals surface area contributed by atoms with Crippen molar-refractivity contribution in [2.75, 3.05) is 0 Å². The molecule has 4 heteroatoms. The molecular weight excluding hydrogens is 196 g/mol. The number of rotatable bonds is 2. The molecule has 3 fully saturated rings. The predicted molar refractivity (Wildman–Crippen MR) is 49.7 cm³/mol. The SMILES string of the molecule is C=CC(=O)OC12CC3CC(OC1=O)C2C3. The Morgan fingerprint density at radius 1 is 1.60 bits per heavy atom. The molecule has 0 aromatic carbocycles. The highest BCUT2D eigenvalue weighted by atomic mass is 16.6. The van der Waals surface area contributed by atoms with E-state index in [1.807, 2.05) is 0 Å². The molecule has 4 atom stereocenters. The van der Waals surface area contributed by atoms with Crippen LogP contribution in [0.4, 0.5) is 0 Å². The Kier molecular flexibility index (Phi) is 1.56. The van der Waals surface area contributed by atoms with Gasteiger partial charge in [0.2, 0.25) is 5.60 Å². The zero-order chi connectivity index (χ0) is 10.6. The monoisotopic (exact) mass is 208 g/mol. The molecule has 15 heavy (non-hydrogen) atoms. The van der Waals surface area contributed by atoms with Gasteiger partial charge in [-0.25, -0.2) is 9.59 Å². The highest BCUT2D eigenvalue weighted by Gasteiger charge is 2.69. The average Bonchev–Trinajstić information content (AvgIpc) is 2.77. The number of esters is 2. The fourth-order valence-electron chi connectivity index (χ4n) is 3.32. The van der Waals surface area contributed by atoms with Crippen LogP contribution in [0, 0.1) is 11.8 Å². The van der Waals surface area contributed by atoms with E-state index in [0.717, 1.165) is 18.9 Å². The first-order valence-corrected chi connectivity index (χ1v) is 5.22. The molecule has 0 aromatic heterocycles. The lowest BCUT2D eigenvalue weighted by molar-refractivity contribution is -0.170. The average molecular weight is 208 g/mol. The van der Waals surface area contributed by atoms with Crippen LogP contribution in [0.1, 0.15) is 19.3 Å². The van der Waals surface area contributed by atoms with Crippen molar-refractivity contribution in [3.63, 3.8) is 0 Å². The molecule has 1 heterocycles. The van der Waals surface area contributed by atoms with Gasteiger partial charge in [-0.05, 0) is 18.8 Å². The largest absolute Gasteiger partial charge is 0.459 e. The van der Waals surface area contributed by atoms with Gasteiger partial charge >= 0.3 is 11.9 Å². The van der Waals surface area contributed by atoms with E-state index in [1.165, 1.54) is 0 Å². The van der Waals surface area contributed by atoms with Crippen LogP contribution in [0.5, 0.6) is 0 Å². The van der Waals surface area contributed by atoms with Gasteiger partial charge in [0.15, 0.2) is 0 Å². The summed E-state index contributed by atoms with van der Waals surface area (Å²) in [6, 6.07) is 0. The van der Waals surface area contributed by atoms with Gasteiger partial charge in [-0.3, -0.25) is 0 Å². The van der Waals surface area contributed by atoms with Crippen molar-refractivity contribution in [3.05, 3.63) is 12.7 Å². The van der Waals surface area contributed by atoms with E-state index < -0.39 is 11.6 Å². The van der Waals surface area contributed by atoms with Crippen molar-refractivity contribution in [2.24, 2.45) is 11.8 Å². The number of hydrogen-bond donors (Lipinski definition) is 0. The first-order valence-electron chi connectivity index (χ1n) is 5.22. The maximum atomic E-state index is 11.7. The fourth-order valence-corrected chi connectivity index (χ4v) is 3.32. The first-order chi connectivity index (χ1) is 7.15. The highest BCUT2D eigenvalue weighted by molar-refractivity contribution is 5.89. The summed E-state index contributed by atoms with van der Waals surface area (Å²) in [5.41, 5.74) is -0.973. The van der Waals surface area contributed by atoms with Crippen LogP contribution < -0.4 is 0 Å². The molecule has 0 radical (unpaired) electrons. The summed E-state index contributed by atoms with van der Waals surface area (Å²) < 4.78 is 10.5. The van der Waals surface area contributed by atoms with Gasteiger partial charge in [0.25, 0.3) is 0 Å². The van der Waals surface area contributed by atoms with E-state index >= 15 is 0 Å². The third kappa shape index (κ3) is 0.967. The zero-order valence-corrected chi connectivity index (χ0v) is 8.27. The Labute approximate surface area is 87.2 Å². The molecule has 0 spiro atoms. The minimum absolute atomic E-state index is 0.0196. The van der Waals surface area contributed by atoms with Crippen LogP contribution in [0.2, 0.25) is 0 Å². The molecule has 4 nitrogen and oxygen atoms in total. The lowest BCUT2D eigenvalue weighted by Crippen LogP contribution is -2.43. The minimum atomic E-state index is -0.973. The van der Waals surface area contributed by atoms with Gasteiger partial charge in [-0.2, -0.15) is 0 Å². The van der Waals surface area contributed by atoms with Crippen LogP contribution >= 0.6 is 0 Å². The Morgan fingerprint density at radius 3 is 3.07 bits per heavy atom. The first kappa shape index (κ1) is 8.95. The molecule has 2 saturated carbocycles. The number of fused-ring (bicyclic) bond motifs is 1. The third-order valence-electron chi connectivity index (χ3n) is 3.85. The summed E-state index contributed by atoms with van der Waals surface area (Å²) in [4.78, 5) is 23.0. The second-order valence-electron chi connectivity index (χ2n) is 4.61. The number of hydrogen-bond acceptors (Lipinski definition) is 4. The van der Waals surface area contributed by atoms with E-state index in [9.17, 15) is 9.59 Å². The zero-order valence-electron chi connectivity index (χ0n) is 8.27. The van der Waals surface area contributed by atoms with Gasteiger partial charge in [-0.1, -0.05) is 6.58 Å². The van der Waals surface area contributed by atoms with Crippen molar-refractivity contribution in [2.45, 2.75) is 31.0 Å². The van der Waals surface area contributed by atoms with Crippen LogP contribution in [0.15, 0.2) is 12.7 Å². The molecule has 1 aliphatic heterocycles. The van der Waals surface area contributed by atoms with Crippen molar-refractivity contribution in [1.82, 2.24) is 0 Å². The van der Waals surface area contributed by atoms with Crippen LogP contribution in [0.3, 0.4) is 0 Å². The van der Waals surface area contributed by atoms with Crippen molar-refractivity contribution < 1.29 is 19.1 Å². The molecular formula is C11H12O4. The van der Waals surface area contributed by atoms with Crippen molar-refractivity contribution in [1.29, 1.82) is 0 Å². The van der Waals surface area contributed by atoms with E-state index in [1.54, 1.807) is 0 Å². The predicted octanol–water partition coefficient (Wildman–Crippen LogP) is 0.810. The maximum Gasteiger partial charge on any atom is 0.351 e. The lowest BCUT2D eigenvalue weighted by Gasteiger charge is -2.27. The number of carbonyl (C=O) groups excluding carboxylic acids is 2. The van der Waals surface area contributed by atoms with Crippen LogP contribution in [-0.4, -0.2) is 23.6 Å². The summed E-state index contributed by atoms with van der Waals surface area (Å²) in [5.74, 6) is -0.323. The molecule has 0 amide bonds. The quantitative estimate of drug-likeness (QED) is 0.497. The summed E-state index contributed by atoms with van der Waals surface area (Å²) in [6.45, 7) is 3.34. The molecule has 3 aliphatic rings. The Morgan fingerprint density at radius 2 is 2.40 bits per heavy atom. The Bertz CT molecular complexity index is 362. The minimum Gasteiger partial charge on any atom is -0.459 e. The normalized spacial score (nSPS) is 45.3. The van der Waals surface area contributed by atoms with E-state index in [0.29, 0.717) is 12.3 Å². The van der Waals surface area contributed by atoms with Gasteiger partial charge in [0, 0.05) is 18.4 Å². The van der Waals surface area contributed by atoms with E-state index in [4.69, 9.17) is 9.47 Å². The third-order valence-corrected chi connectivity index (χ3v) is 3.85. The number of carbonyl (C=O) groups is 2. The molecule has 0 N–H and O–H groups in total. The smallest absolute Gasteiger partial charge is 0.351 e. The molecule has 3 rings (SSSR count). The van der Waals surface area contributed by atoms with Gasteiger partial charge < -0.3 is 9.47 Å². The number of ether oxygens (including phenoxy) is 2. The standard InChI is InChI=1S/C11H12O4/c1-2-9(12)15-11-5-6-3-7(11)8(4-6)14-10(11)13/h2,6-8H,1,3-5H2.